The van der Waals surface area contributed by atoms with Gasteiger partial charge in [-0.15, -0.1) is 0 Å². The van der Waals surface area contributed by atoms with Crippen molar-refractivity contribution in [3.63, 3.8) is 0 Å². The van der Waals surface area contributed by atoms with Crippen molar-refractivity contribution in [1.29, 1.82) is 0 Å². The normalized spacial score (nSPS) is 11.1. The smallest absolute Gasteiger partial charge is 0.337 e. The largest absolute Gasteiger partial charge is 0.504 e. The topological polar surface area (TPSA) is 132 Å². The summed E-state index contributed by atoms with van der Waals surface area (Å²) < 4.78 is 19.7. The molecule has 1 aromatic carbocycles. The number of rotatable bonds is 19. The van der Waals surface area contributed by atoms with E-state index in [1.54, 1.807) is 0 Å². The van der Waals surface area contributed by atoms with Crippen LogP contribution < -0.4 is 4.74 Å². The summed E-state index contributed by atoms with van der Waals surface area (Å²) in [5, 5.41) is 26.6. The Bertz CT molecular complexity index is 676. The number of carbonyl (C=O) groups is 2. The molecule has 9 heteroatoms. The van der Waals surface area contributed by atoms with Gasteiger partial charge in [0.25, 0.3) is 0 Å². The second-order valence-electron chi connectivity index (χ2n) is 8.58. The van der Waals surface area contributed by atoms with Crippen LogP contribution in [0.15, 0.2) is 18.2 Å². The summed E-state index contributed by atoms with van der Waals surface area (Å²) in [4.78, 5) is 21.3. The molecule has 1 atom stereocenters. The first-order chi connectivity index (χ1) is 18.3. The third-order valence-corrected chi connectivity index (χ3v) is 5.33. The first-order valence-electron chi connectivity index (χ1n) is 13.8. The number of benzene rings is 1. The van der Waals surface area contributed by atoms with Gasteiger partial charge in [0.2, 0.25) is 0 Å². The summed E-state index contributed by atoms with van der Waals surface area (Å²) in [6.07, 6.45) is 11.6. The zero-order valence-electron chi connectivity index (χ0n) is 24.2. The number of phenolic OH excluding ortho intramolecular Hbond substituents is 1. The summed E-state index contributed by atoms with van der Waals surface area (Å²) in [7, 11) is 1.43. The number of aldehydes is 1. The molecule has 1 rings (SSSR count). The Kier molecular flexibility index (Phi) is 27.8. The molecular formula is C29H52O9. The maximum Gasteiger partial charge on any atom is 0.337 e. The second-order valence-corrected chi connectivity index (χ2v) is 8.58. The number of esters is 1. The van der Waals surface area contributed by atoms with Crippen LogP contribution in [0.1, 0.15) is 102 Å². The van der Waals surface area contributed by atoms with E-state index in [9.17, 15) is 9.59 Å². The van der Waals surface area contributed by atoms with Gasteiger partial charge in [0.05, 0.1) is 20.3 Å². The molecule has 3 N–H and O–H groups in total. The van der Waals surface area contributed by atoms with Gasteiger partial charge in [-0.2, -0.15) is 0 Å². The Balaban J connectivity index is 0. The summed E-state index contributed by atoms with van der Waals surface area (Å²) in [5.41, 5.74) is 0.486. The van der Waals surface area contributed by atoms with E-state index in [1.807, 2.05) is 20.8 Å². The molecular weight excluding hydrogens is 492 g/mol. The maximum atomic E-state index is 11.0. The van der Waals surface area contributed by atoms with Crippen LogP contribution in [0.4, 0.5) is 0 Å². The minimum absolute atomic E-state index is 0.0370. The minimum atomic E-state index is -1.39. The third kappa shape index (κ3) is 23.0. The Morgan fingerprint density at radius 3 is 1.89 bits per heavy atom. The van der Waals surface area contributed by atoms with Crippen LogP contribution in [0, 0.1) is 0 Å². The van der Waals surface area contributed by atoms with Crippen molar-refractivity contribution < 1.29 is 43.9 Å². The molecule has 0 amide bonds. The lowest BCUT2D eigenvalue weighted by Gasteiger charge is -2.09. The van der Waals surface area contributed by atoms with E-state index < -0.39 is 18.7 Å². The maximum absolute atomic E-state index is 11.0. The lowest BCUT2D eigenvalue weighted by Crippen LogP contribution is -2.26. The van der Waals surface area contributed by atoms with Gasteiger partial charge in [-0.3, -0.25) is 4.79 Å². The number of phenols is 1. The highest BCUT2D eigenvalue weighted by Gasteiger charge is 2.14. The van der Waals surface area contributed by atoms with Crippen LogP contribution in [0.5, 0.6) is 11.5 Å². The minimum Gasteiger partial charge on any atom is -0.504 e. The van der Waals surface area contributed by atoms with E-state index in [4.69, 9.17) is 34.3 Å². The quantitative estimate of drug-likeness (QED) is 0.0903. The Labute approximate surface area is 229 Å². The van der Waals surface area contributed by atoms with Gasteiger partial charge in [0.15, 0.2) is 23.9 Å². The van der Waals surface area contributed by atoms with E-state index in [0.717, 1.165) is 26.1 Å². The molecule has 0 heterocycles. The van der Waals surface area contributed by atoms with E-state index in [2.05, 4.69) is 6.92 Å². The van der Waals surface area contributed by atoms with Gasteiger partial charge in [-0.05, 0) is 45.4 Å². The molecule has 0 aliphatic carbocycles. The van der Waals surface area contributed by atoms with Crippen LogP contribution in [0.3, 0.4) is 0 Å². The van der Waals surface area contributed by atoms with Crippen molar-refractivity contribution in [2.45, 2.75) is 104 Å². The summed E-state index contributed by atoms with van der Waals surface area (Å²) >= 11 is 0. The Hall–Kier alpha value is -2.20. The molecule has 0 radical (unpaired) electrons. The zero-order valence-corrected chi connectivity index (χ0v) is 24.2. The van der Waals surface area contributed by atoms with Gasteiger partial charge >= 0.3 is 5.97 Å². The summed E-state index contributed by atoms with van der Waals surface area (Å²) in [5.74, 6) is -0.369. The highest BCUT2D eigenvalue weighted by atomic mass is 16.7. The van der Waals surface area contributed by atoms with E-state index in [0.29, 0.717) is 24.2 Å². The van der Waals surface area contributed by atoms with Gasteiger partial charge in [-0.25, -0.2) is 4.79 Å². The molecule has 0 aliphatic heterocycles. The lowest BCUT2D eigenvalue weighted by atomic mass is 10.1. The van der Waals surface area contributed by atoms with Crippen molar-refractivity contribution >= 4 is 12.3 Å². The first-order valence-corrected chi connectivity index (χ1v) is 13.8. The van der Waals surface area contributed by atoms with Gasteiger partial charge in [-0.1, -0.05) is 64.7 Å². The fourth-order valence-electron chi connectivity index (χ4n) is 3.22. The number of hydrogen-bond donors (Lipinski definition) is 3. The first kappa shape index (κ1) is 37.9. The van der Waals surface area contributed by atoms with Crippen LogP contribution in [0.25, 0.3) is 0 Å². The molecule has 0 saturated heterocycles. The van der Waals surface area contributed by atoms with Crippen molar-refractivity contribution in [1.82, 2.24) is 0 Å². The number of methoxy groups -OCH3 is 1. The molecule has 1 unspecified atom stereocenters. The Morgan fingerprint density at radius 2 is 1.45 bits per heavy atom. The number of unbranched alkanes of at least 4 members (excludes halogenated alkanes) is 9. The number of hydrogen-bond acceptors (Lipinski definition) is 9. The van der Waals surface area contributed by atoms with Gasteiger partial charge in [0, 0.05) is 18.8 Å². The molecule has 0 aromatic heterocycles. The van der Waals surface area contributed by atoms with E-state index in [1.165, 1.54) is 76.7 Å². The van der Waals surface area contributed by atoms with Crippen LogP contribution >= 0.6 is 0 Å². The zero-order chi connectivity index (χ0) is 29.0. The molecule has 0 spiro atoms. The van der Waals surface area contributed by atoms with E-state index >= 15 is 0 Å². The standard InChI is InChI=1S/C15H30O4.C8H8O3.C6H14O2/c1-2-3-4-5-6-7-8-9-10-11-12-19-15(18)14(17)13-16;1-11-8-4-6(5-9)2-3-7(8)10;1-4-7-6(3)8-5-2/h14,16-17H,2-13H2,1H3;2-5,10H,1H3;6H,4-5H2,1-3H3. The van der Waals surface area contributed by atoms with E-state index in [-0.39, 0.29) is 12.0 Å². The second kappa shape index (κ2) is 27.8. The fraction of sp³-hybridized carbons (Fsp3) is 0.724. The van der Waals surface area contributed by atoms with Crippen molar-refractivity contribution in [2.24, 2.45) is 0 Å². The molecule has 9 nitrogen and oxygen atoms in total. The highest BCUT2D eigenvalue weighted by Crippen LogP contribution is 2.25. The monoisotopic (exact) mass is 544 g/mol. The molecule has 1 aromatic rings. The number of ether oxygens (including phenoxy) is 4. The molecule has 0 saturated carbocycles. The third-order valence-electron chi connectivity index (χ3n) is 5.33. The summed E-state index contributed by atoms with van der Waals surface area (Å²) in [6, 6.07) is 4.41. The van der Waals surface area contributed by atoms with Gasteiger partial charge in [0.1, 0.15) is 6.29 Å². The predicted octanol–water partition coefficient (Wildman–Crippen LogP) is 5.42. The average molecular weight is 545 g/mol. The number of aliphatic hydroxyl groups excluding tert-OH is 2. The molecule has 38 heavy (non-hydrogen) atoms. The number of aromatic hydroxyl groups is 1. The number of carbonyl (C=O) groups excluding carboxylic acids is 2. The van der Waals surface area contributed by atoms with Crippen LogP contribution in [-0.4, -0.2) is 73.5 Å². The molecule has 222 valence electrons. The molecule has 0 aliphatic rings. The van der Waals surface area contributed by atoms with Crippen LogP contribution in [-0.2, 0) is 19.0 Å². The van der Waals surface area contributed by atoms with Crippen molar-refractivity contribution in [3.8, 4) is 11.5 Å². The fourth-order valence-corrected chi connectivity index (χ4v) is 3.22. The highest BCUT2D eigenvalue weighted by molar-refractivity contribution is 5.76. The van der Waals surface area contributed by atoms with Crippen LogP contribution in [0.2, 0.25) is 0 Å². The average Bonchev–Trinajstić information content (AvgIpc) is 2.92. The lowest BCUT2D eigenvalue weighted by molar-refractivity contribution is -0.155. The summed E-state index contributed by atoms with van der Waals surface area (Å²) in [6.45, 7) is 9.25. The predicted molar refractivity (Wildman–Crippen MR) is 149 cm³/mol. The van der Waals surface area contributed by atoms with Crippen molar-refractivity contribution in [3.05, 3.63) is 23.8 Å². The van der Waals surface area contributed by atoms with Gasteiger partial charge < -0.3 is 34.3 Å². The van der Waals surface area contributed by atoms with Crippen molar-refractivity contribution in [2.75, 3.05) is 33.5 Å². The number of aliphatic hydroxyl groups is 2. The molecule has 0 bridgehead atoms. The SMILES string of the molecule is CCCCCCCCCCCCOC(=O)C(O)CO.CCOC(C)OCC.COc1cc(C=O)ccc1O. The Morgan fingerprint density at radius 1 is 0.921 bits per heavy atom. The molecule has 0 fully saturated rings.